The Morgan fingerprint density at radius 2 is 1.81 bits per heavy atom. The maximum Gasteiger partial charge on any atom is 0.258 e. The molecule has 26 heavy (non-hydrogen) atoms. The van der Waals surface area contributed by atoms with Crippen LogP contribution >= 0.6 is 11.6 Å². The van der Waals surface area contributed by atoms with Crippen molar-refractivity contribution >= 4 is 29.1 Å². The molecule has 0 aliphatic carbocycles. The maximum absolute atomic E-state index is 13.7. The fourth-order valence-corrected chi connectivity index (χ4v) is 2.19. The molecule has 0 unspecified atom stereocenters. The summed E-state index contributed by atoms with van der Waals surface area (Å²) in [5.41, 5.74) is -0.498. The molecular weight excluding hydrogens is 373 g/mol. The van der Waals surface area contributed by atoms with Gasteiger partial charge in [-0.3, -0.25) is 9.59 Å². The van der Waals surface area contributed by atoms with Gasteiger partial charge in [0.25, 0.3) is 11.8 Å². The first-order chi connectivity index (χ1) is 12.3. The first-order valence-corrected chi connectivity index (χ1v) is 7.74. The summed E-state index contributed by atoms with van der Waals surface area (Å²) in [6.07, 6.45) is 0. The fraction of sp³-hybridized carbons (Fsp3) is 0.176. The van der Waals surface area contributed by atoms with Gasteiger partial charge in [0.05, 0.1) is 22.9 Å². The summed E-state index contributed by atoms with van der Waals surface area (Å²) in [4.78, 5) is 24.1. The van der Waals surface area contributed by atoms with Gasteiger partial charge in [0, 0.05) is 19.2 Å². The zero-order chi connectivity index (χ0) is 19.3. The zero-order valence-electron chi connectivity index (χ0n) is 13.5. The molecule has 0 bridgehead atoms. The van der Waals surface area contributed by atoms with E-state index in [1.54, 1.807) is 0 Å². The summed E-state index contributed by atoms with van der Waals surface area (Å²) in [5.74, 6) is -6.26. The van der Waals surface area contributed by atoms with Crippen LogP contribution in [-0.4, -0.2) is 32.1 Å². The normalized spacial score (nSPS) is 10.5. The van der Waals surface area contributed by atoms with Crippen molar-refractivity contribution in [1.82, 2.24) is 5.32 Å². The Balaban J connectivity index is 2.21. The molecule has 138 valence electrons. The number of nitrogens with one attached hydrogen (secondary N) is 2. The minimum Gasteiger partial charge on any atom is -0.383 e. The van der Waals surface area contributed by atoms with E-state index >= 15 is 0 Å². The molecule has 0 radical (unpaired) electrons. The van der Waals surface area contributed by atoms with Crippen LogP contribution in [0.4, 0.5) is 18.9 Å². The van der Waals surface area contributed by atoms with E-state index in [4.69, 9.17) is 16.3 Å². The number of rotatable bonds is 6. The van der Waals surface area contributed by atoms with Crippen molar-refractivity contribution in [2.45, 2.75) is 0 Å². The molecule has 2 N–H and O–H groups in total. The molecule has 0 saturated carbocycles. The number of hydrogen-bond donors (Lipinski definition) is 2. The number of anilines is 1. The highest BCUT2D eigenvalue weighted by atomic mass is 35.5. The standard InChI is InChI=1S/C17H14ClF3N2O3/c1-26-7-6-22-16(24)9-2-4-11(18)13(8-9)23-17(25)10-3-5-12(19)15(21)14(10)20/h2-5,8H,6-7H2,1H3,(H,22,24)(H,23,25). The average Bonchev–Trinajstić information content (AvgIpc) is 2.61. The van der Waals surface area contributed by atoms with E-state index in [-0.39, 0.29) is 22.8 Å². The number of amides is 2. The number of benzene rings is 2. The van der Waals surface area contributed by atoms with Gasteiger partial charge >= 0.3 is 0 Å². The quantitative estimate of drug-likeness (QED) is 0.590. The topological polar surface area (TPSA) is 67.4 Å². The first-order valence-electron chi connectivity index (χ1n) is 7.36. The van der Waals surface area contributed by atoms with Crippen molar-refractivity contribution in [1.29, 1.82) is 0 Å². The molecule has 0 fully saturated rings. The van der Waals surface area contributed by atoms with Crippen LogP contribution in [0.5, 0.6) is 0 Å². The van der Waals surface area contributed by atoms with Crippen LogP contribution in [0.3, 0.4) is 0 Å². The van der Waals surface area contributed by atoms with Crippen LogP contribution in [-0.2, 0) is 4.74 Å². The van der Waals surface area contributed by atoms with E-state index < -0.39 is 34.8 Å². The van der Waals surface area contributed by atoms with E-state index in [1.807, 2.05) is 0 Å². The van der Waals surface area contributed by atoms with Gasteiger partial charge in [-0.2, -0.15) is 0 Å². The summed E-state index contributed by atoms with van der Waals surface area (Å²) >= 11 is 5.96. The molecule has 2 rings (SSSR count). The van der Waals surface area contributed by atoms with Crippen LogP contribution in [0.25, 0.3) is 0 Å². The molecule has 0 spiro atoms. The van der Waals surface area contributed by atoms with Crippen molar-refractivity contribution in [2.75, 3.05) is 25.6 Å². The third-order valence-electron chi connectivity index (χ3n) is 3.35. The van der Waals surface area contributed by atoms with Gasteiger partial charge in [0.2, 0.25) is 0 Å². The van der Waals surface area contributed by atoms with Gasteiger partial charge in [0.15, 0.2) is 17.5 Å². The van der Waals surface area contributed by atoms with Gasteiger partial charge in [-0.05, 0) is 30.3 Å². The van der Waals surface area contributed by atoms with E-state index in [0.29, 0.717) is 12.7 Å². The number of halogens is 4. The molecular formula is C17H14ClF3N2O3. The lowest BCUT2D eigenvalue weighted by atomic mass is 10.1. The Hall–Kier alpha value is -2.58. The average molecular weight is 387 g/mol. The van der Waals surface area contributed by atoms with E-state index in [1.165, 1.54) is 25.3 Å². The first kappa shape index (κ1) is 19.7. The molecule has 0 atom stereocenters. The van der Waals surface area contributed by atoms with Crippen molar-refractivity contribution in [2.24, 2.45) is 0 Å². The van der Waals surface area contributed by atoms with Crippen molar-refractivity contribution in [3.63, 3.8) is 0 Å². The number of carbonyl (C=O) groups is 2. The minimum absolute atomic E-state index is 0.0141. The lowest BCUT2D eigenvalue weighted by Gasteiger charge is -2.11. The molecule has 0 aliphatic heterocycles. The molecule has 2 aromatic carbocycles. The summed E-state index contributed by atoms with van der Waals surface area (Å²) in [5, 5.41) is 4.93. The summed E-state index contributed by atoms with van der Waals surface area (Å²) in [7, 11) is 1.49. The van der Waals surface area contributed by atoms with Crippen molar-refractivity contribution < 1.29 is 27.5 Å². The number of ether oxygens (including phenoxy) is 1. The van der Waals surface area contributed by atoms with Gasteiger partial charge in [0.1, 0.15) is 0 Å². The second kappa shape index (κ2) is 8.68. The second-order valence-corrected chi connectivity index (χ2v) is 5.53. The van der Waals surface area contributed by atoms with Gasteiger partial charge in [-0.15, -0.1) is 0 Å². The van der Waals surface area contributed by atoms with E-state index in [2.05, 4.69) is 10.6 Å². The Kier molecular flexibility index (Phi) is 6.59. The molecule has 9 heteroatoms. The smallest absolute Gasteiger partial charge is 0.258 e. The zero-order valence-corrected chi connectivity index (χ0v) is 14.3. The Labute approximate surface area is 152 Å². The largest absolute Gasteiger partial charge is 0.383 e. The van der Waals surface area contributed by atoms with Crippen LogP contribution in [0.2, 0.25) is 5.02 Å². The third-order valence-corrected chi connectivity index (χ3v) is 3.68. The lowest BCUT2D eigenvalue weighted by Crippen LogP contribution is -2.27. The molecule has 2 amide bonds. The molecule has 5 nitrogen and oxygen atoms in total. The molecule has 0 aliphatic rings. The number of methoxy groups -OCH3 is 1. The predicted molar refractivity (Wildman–Crippen MR) is 89.9 cm³/mol. The minimum atomic E-state index is -1.75. The fourth-order valence-electron chi connectivity index (χ4n) is 2.02. The Morgan fingerprint density at radius 3 is 2.50 bits per heavy atom. The van der Waals surface area contributed by atoms with Crippen molar-refractivity contribution in [3.8, 4) is 0 Å². The van der Waals surface area contributed by atoms with E-state index in [9.17, 15) is 22.8 Å². The number of hydrogen-bond acceptors (Lipinski definition) is 3. The summed E-state index contributed by atoms with van der Waals surface area (Å²) in [6.45, 7) is 0.595. The van der Waals surface area contributed by atoms with Gasteiger partial charge < -0.3 is 15.4 Å². The summed E-state index contributed by atoms with van der Waals surface area (Å²) < 4.78 is 44.8. The molecule has 0 saturated heterocycles. The monoisotopic (exact) mass is 386 g/mol. The van der Waals surface area contributed by atoms with Gasteiger partial charge in [-0.1, -0.05) is 11.6 Å². The van der Waals surface area contributed by atoms with Gasteiger partial charge in [-0.25, -0.2) is 13.2 Å². The Morgan fingerprint density at radius 1 is 1.08 bits per heavy atom. The molecule has 2 aromatic rings. The van der Waals surface area contributed by atoms with Crippen LogP contribution < -0.4 is 10.6 Å². The van der Waals surface area contributed by atoms with Crippen LogP contribution in [0.1, 0.15) is 20.7 Å². The van der Waals surface area contributed by atoms with Crippen LogP contribution in [0.15, 0.2) is 30.3 Å². The molecule has 0 aromatic heterocycles. The van der Waals surface area contributed by atoms with E-state index in [0.717, 1.165) is 6.07 Å². The maximum atomic E-state index is 13.7. The lowest BCUT2D eigenvalue weighted by molar-refractivity contribution is 0.0936. The Bertz CT molecular complexity index is 846. The highest BCUT2D eigenvalue weighted by molar-refractivity contribution is 6.34. The van der Waals surface area contributed by atoms with Crippen LogP contribution in [0, 0.1) is 17.5 Å². The SMILES string of the molecule is COCCNC(=O)c1ccc(Cl)c(NC(=O)c2ccc(F)c(F)c2F)c1. The number of carbonyl (C=O) groups excluding carboxylic acids is 2. The van der Waals surface area contributed by atoms with Crippen molar-refractivity contribution in [3.05, 3.63) is 63.9 Å². The highest BCUT2D eigenvalue weighted by Gasteiger charge is 2.20. The predicted octanol–water partition coefficient (Wildman–Crippen LogP) is 3.39. The molecule has 0 heterocycles. The third kappa shape index (κ3) is 4.53. The highest BCUT2D eigenvalue weighted by Crippen LogP contribution is 2.24. The second-order valence-electron chi connectivity index (χ2n) is 5.12. The summed E-state index contributed by atoms with van der Waals surface area (Å²) in [6, 6.07) is 5.51.